The molecular weight excluding hydrogens is 474 g/mol. The molecule has 0 radical (unpaired) electrons. The van der Waals surface area contributed by atoms with Gasteiger partial charge in [-0.25, -0.2) is 4.98 Å². The van der Waals surface area contributed by atoms with E-state index in [-0.39, 0.29) is 29.5 Å². The summed E-state index contributed by atoms with van der Waals surface area (Å²) in [6.07, 6.45) is 5.44. The van der Waals surface area contributed by atoms with E-state index < -0.39 is 0 Å². The Morgan fingerprint density at radius 2 is 1.38 bits per heavy atom. The Labute approximate surface area is 213 Å². The molecule has 190 valence electrons. The summed E-state index contributed by atoms with van der Waals surface area (Å²) in [4.78, 5) is 30.8. The average molecular weight is 502 g/mol. The average Bonchev–Trinajstić information content (AvgIpc) is 3.28. The SMILES string of the molecule is COc1cc(C=CC(=O)CC(=O)C=Cc2ccc(O)c(OC)c2)ccc1O.Nc1nc2ccccc2[nH]1. The van der Waals surface area contributed by atoms with Gasteiger partial charge >= 0.3 is 0 Å². The summed E-state index contributed by atoms with van der Waals surface area (Å²) in [6.45, 7) is 0. The molecule has 9 heteroatoms. The monoisotopic (exact) mass is 501 g/mol. The van der Waals surface area contributed by atoms with Crippen molar-refractivity contribution in [1.82, 2.24) is 9.97 Å². The Kier molecular flexibility index (Phi) is 9.04. The zero-order chi connectivity index (χ0) is 26.8. The van der Waals surface area contributed by atoms with Crippen LogP contribution in [-0.4, -0.2) is 46.0 Å². The molecule has 37 heavy (non-hydrogen) atoms. The molecule has 3 aromatic carbocycles. The van der Waals surface area contributed by atoms with Gasteiger partial charge in [0, 0.05) is 0 Å². The highest BCUT2D eigenvalue weighted by atomic mass is 16.5. The molecule has 0 aliphatic heterocycles. The molecule has 4 rings (SSSR count). The molecule has 0 bridgehead atoms. The molecule has 0 unspecified atom stereocenters. The molecule has 0 amide bonds. The van der Waals surface area contributed by atoms with Crippen LogP contribution in [0.3, 0.4) is 0 Å². The third-order valence-electron chi connectivity index (χ3n) is 5.09. The van der Waals surface area contributed by atoms with E-state index >= 15 is 0 Å². The summed E-state index contributed by atoms with van der Waals surface area (Å²) in [5.74, 6) is 0.390. The number of ether oxygens (including phenoxy) is 2. The first-order valence-corrected chi connectivity index (χ1v) is 11.1. The molecule has 4 aromatic rings. The van der Waals surface area contributed by atoms with Crippen molar-refractivity contribution < 1.29 is 29.3 Å². The number of rotatable bonds is 8. The van der Waals surface area contributed by atoms with Gasteiger partial charge in [-0.1, -0.05) is 36.4 Å². The van der Waals surface area contributed by atoms with E-state index in [9.17, 15) is 19.8 Å². The third-order valence-corrected chi connectivity index (χ3v) is 5.09. The van der Waals surface area contributed by atoms with Crippen molar-refractivity contribution in [2.45, 2.75) is 6.42 Å². The van der Waals surface area contributed by atoms with Crippen molar-refractivity contribution >= 4 is 40.7 Å². The number of nitrogens with zero attached hydrogens (tertiary/aromatic N) is 1. The van der Waals surface area contributed by atoms with Crippen LogP contribution >= 0.6 is 0 Å². The van der Waals surface area contributed by atoms with Crippen molar-refractivity contribution in [2.75, 3.05) is 20.0 Å². The number of phenolic OH excluding ortho intramolecular Hbond substituents is 2. The van der Waals surface area contributed by atoms with Gasteiger partial charge in [-0.05, 0) is 59.7 Å². The Balaban J connectivity index is 0.000000313. The minimum Gasteiger partial charge on any atom is -0.504 e. The molecular formula is C28H27N3O6. The summed E-state index contributed by atoms with van der Waals surface area (Å²) in [5.41, 5.74) is 8.65. The lowest BCUT2D eigenvalue weighted by Gasteiger charge is -2.03. The van der Waals surface area contributed by atoms with E-state index in [1.165, 1.54) is 38.5 Å². The van der Waals surface area contributed by atoms with Crippen LogP contribution in [-0.2, 0) is 9.59 Å². The summed E-state index contributed by atoms with van der Waals surface area (Å²) in [6, 6.07) is 17.1. The first-order chi connectivity index (χ1) is 17.8. The van der Waals surface area contributed by atoms with Crippen LogP contribution in [0.4, 0.5) is 5.95 Å². The zero-order valence-electron chi connectivity index (χ0n) is 20.3. The van der Waals surface area contributed by atoms with Crippen LogP contribution in [0.25, 0.3) is 23.2 Å². The second-order valence-corrected chi connectivity index (χ2v) is 7.78. The molecule has 0 aliphatic rings. The lowest BCUT2D eigenvalue weighted by molar-refractivity contribution is -0.121. The normalized spacial score (nSPS) is 10.9. The quantitative estimate of drug-likeness (QED) is 0.204. The highest BCUT2D eigenvalue weighted by Gasteiger charge is 2.06. The summed E-state index contributed by atoms with van der Waals surface area (Å²) < 4.78 is 10.00. The number of aromatic hydroxyl groups is 2. The van der Waals surface area contributed by atoms with Gasteiger partial charge in [0.25, 0.3) is 0 Å². The van der Waals surface area contributed by atoms with E-state index in [1.807, 2.05) is 24.3 Å². The van der Waals surface area contributed by atoms with Crippen LogP contribution in [0.15, 0.2) is 72.8 Å². The summed E-state index contributed by atoms with van der Waals surface area (Å²) >= 11 is 0. The molecule has 0 aliphatic carbocycles. The first-order valence-electron chi connectivity index (χ1n) is 11.1. The largest absolute Gasteiger partial charge is 0.504 e. The second kappa shape index (κ2) is 12.6. The number of nitrogens with two attached hydrogens (primary N) is 1. The number of allylic oxidation sites excluding steroid dienone is 2. The highest BCUT2D eigenvalue weighted by Crippen LogP contribution is 2.27. The predicted octanol–water partition coefficient (Wildman–Crippen LogP) is 4.52. The van der Waals surface area contributed by atoms with Crippen molar-refractivity contribution in [3.8, 4) is 23.0 Å². The van der Waals surface area contributed by atoms with Crippen molar-refractivity contribution in [1.29, 1.82) is 0 Å². The Bertz CT molecular complexity index is 1350. The van der Waals surface area contributed by atoms with E-state index in [4.69, 9.17) is 15.2 Å². The van der Waals surface area contributed by atoms with E-state index in [1.54, 1.807) is 36.4 Å². The van der Waals surface area contributed by atoms with Crippen LogP contribution in [0.1, 0.15) is 17.5 Å². The number of methoxy groups -OCH3 is 2. The number of ketones is 2. The number of H-pyrrole nitrogens is 1. The number of nitrogen functional groups attached to an aromatic ring is 1. The number of fused-ring (bicyclic) bond motifs is 1. The predicted molar refractivity (Wildman–Crippen MR) is 143 cm³/mol. The van der Waals surface area contributed by atoms with Gasteiger partial charge in [0.15, 0.2) is 40.5 Å². The number of anilines is 1. The van der Waals surface area contributed by atoms with E-state index in [2.05, 4.69) is 9.97 Å². The Hall–Kier alpha value is -5.05. The number of nitrogens with one attached hydrogen (secondary N) is 1. The summed E-state index contributed by atoms with van der Waals surface area (Å²) in [7, 11) is 2.87. The van der Waals surface area contributed by atoms with E-state index in [0.29, 0.717) is 28.6 Å². The third kappa shape index (κ3) is 7.72. The number of carbonyl (C=O) groups excluding carboxylic acids is 2. The van der Waals surface area contributed by atoms with E-state index in [0.717, 1.165) is 11.0 Å². The molecule has 1 heterocycles. The number of phenols is 2. The lowest BCUT2D eigenvalue weighted by Crippen LogP contribution is -2.01. The number of hydrogen-bond donors (Lipinski definition) is 4. The Morgan fingerprint density at radius 1 is 0.865 bits per heavy atom. The number of aromatic nitrogens is 2. The van der Waals surface area contributed by atoms with Gasteiger partial charge in [-0.2, -0.15) is 0 Å². The smallest absolute Gasteiger partial charge is 0.198 e. The summed E-state index contributed by atoms with van der Waals surface area (Å²) in [5, 5.41) is 19.1. The minimum absolute atomic E-state index is 0.00662. The lowest BCUT2D eigenvalue weighted by atomic mass is 10.1. The van der Waals surface area contributed by atoms with Crippen LogP contribution in [0, 0.1) is 0 Å². The fourth-order valence-corrected chi connectivity index (χ4v) is 3.24. The Morgan fingerprint density at radius 3 is 1.86 bits per heavy atom. The number of benzene rings is 3. The molecule has 0 atom stereocenters. The zero-order valence-corrected chi connectivity index (χ0v) is 20.3. The second-order valence-electron chi connectivity index (χ2n) is 7.78. The molecule has 0 fully saturated rings. The number of carbonyl (C=O) groups is 2. The molecule has 5 N–H and O–H groups in total. The van der Waals surface area contributed by atoms with Gasteiger partial charge in [0.1, 0.15) is 0 Å². The van der Waals surface area contributed by atoms with Crippen LogP contribution in [0.5, 0.6) is 23.0 Å². The maximum atomic E-state index is 11.9. The van der Waals surface area contributed by atoms with Crippen molar-refractivity contribution in [3.05, 3.63) is 83.9 Å². The van der Waals surface area contributed by atoms with Gasteiger partial charge < -0.3 is 30.4 Å². The fourth-order valence-electron chi connectivity index (χ4n) is 3.24. The van der Waals surface area contributed by atoms with Crippen molar-refractivity contribution in [2.24, 2.45) is 0 Å². The molecule has 0 saturated heterocycles. The van der Waals surface area contributed by atoms with Crippen LogP contribution in [0.2, 0.25) is 0 Å². The number of para-hydroxylation sites is 2. The molecule has 0 saturated carbocycles. The van der Waals surface area contributed by atoms with Crippen LogP contribution < -0.4 is 15.2 Å². The molecule has 0 spiro atoms. The maximum Gasteiger partial charge on any atom is 0.198 e. The standard InChI is InChI=1S/C21H20O6.C7H7N3/c1-26-20-11-14(5-9-18(20)24)3-7-16(22)13-17(23)8-4-15-6-10-19(25)21(12-15)27-2;8-7-9-5-3-1-2-4-6(5)10-7/h3-12,24-25H,13H2,1-2H3;1-4H,(H3,8,9,10). The topological polar surface area (TPSA) is 148 Å². The molecule has 9 nitrogen and oxygen atoms in total. The minimum atomic E-state index is -0.347. The highest BCUT2D eigenvalue weighted by molar-refractivity contribution is 6.10. The van der Waals surface area contributed by atoms with Gasteiger partial charge in [0.2, 0.25) is 0 Å². The van der Waals surface area contributed by atoms with Gasteiger partial charge in [-0.15, -0.1) is 0 Å². The number of hydrogen-bond acceptors (Lipinski definition) is 8. The number of imidazole rings is 1. The fraction of sp³-hybridized carbons (Fsp3) is 0.107. The number of aromatic amines is 1. The van der Waals surface area contributed by atoms with Gasteiger partial charge in [0.05, 0.1) is 31.7 Å². The van der Waals surface area contributed by atoms with Gasteiger partial charge in [-0.3, -0.25) is 9.59 Å². The maximum absolute atomic E-state index is 11.9. The van der Waals surface area contributed by atoms with Crippen molar-refractivity contribution in [3.63, 3.8) is 0 Å². The first kappa shape index (κ1) is 26.6. The molecule has 1 aromatic heterocycles.